The molecular weight excluding hydrogens is 446 g/mol. The number of carbonyl (C=O) groups excluding carboxylic acids is 1. The molecule has 1 fully saturated rings. The first-order valence-electron chi connectivity index (χ1n) is 9.64. The number of aromatic nitrogens is 2. The molecule has 4 rings (SSSR count). The zero-order chi connectivity index (χ0) is 22.2. The summed E-state index contributed by atoms with van der Waals surface area (Å²) in [5.74, 6) is -2.14. The van der Waals surface area contributed by atoms with Crippen molar-refractivity contribution in [3.8, 4) is 0 Å². The molecule has 1 amide bonds. The molecule has 0 saturated carbocycles. The molecule has 164 valence electrons. The molecule has 1 aliphatic heterocycles. The smallest absolute Gasteiger partial charge is 0.232 e. The number of amides is 1. The fourth-order valence-corrected chi connectivity index (χ4v) is 5.49. The molecule has 0 N–H and O–H groups in total. The van der Waals surface area contributed by atoms with Crippen LogP contribution >= 0.6 is 11.3 Å². The Morgan fingerprint density at radius 3 is 2.65 bits per heavy atom. The molecule has 1 aliphatic rings. The van der Waals surface area contributed by atoms with Crippen molar-refractivity contribution in [3.63, 3.8) is 0 Å². The van der Waals surface area contributed by atoms with Crippen molar-refractivity contribution >= 4 is 42.6 Å². The number of rotatable bonds is 5. The lowest BCUT2D eigenvalue weighted by molar-refractivity contribution is -0.123. The Labute approximate surface area is 182 Å². The van der Waals surface area contributed by atoms with Gasteiger partial charge in [0.15, 0.2) is 10.9 Å². The van der Waals surface area contributed by atoms with Crippen molar-refractivity contribution in [2.75, 3.05) is 24.2 Å². The molecule has 0 aliphatic carbocycles. The third-order valence-corrected chi connectivity index (χ3v) is 7.55. The van der Waals surface area contributed by atoms with E-state index in [4.69, 9.17) is 0 Å². The van der Waals surface area contributed by atoms with Crippen LogP contribution in [-0.4, -0.2) is 47.9 Å². The van der Waals surface area contributed by atoms with Gasteiger partial charge in [-0.3, -0.25) is 14.7 Å². The Balaban J connectivity index is 1.65. The topological polar surface area (TPSA) is 83.5 Å². The zero-order valence-corrected chi connectivity index (χ0v) is 18.3. The SMILES string of the molecule is CS(=O)(=O)N1CCC(C(=O)N(Cc2ccccn2)c2nc3c(F)cc(F)cc3s2)CC1. The lowest BCUT2D eigenvalue weighted by Gasteiger charge is -2.32. The van der Waals surface area contributed by atoms with E-state index in [0.717, 1.165) is 23.7 Å². The summed E-state index contributed by atoms with van der Waals surface area (Å²) in [4.78, 5) is 23.4. The van der Waals surface area contributed by atoms with Crippen LogP contribution in [-0.2, 0) is 21.4 Å². The molecule has 0 spiro atoms. The molecule has 1 saturated heterocycles. The second-order valence-corrected chi connectivity index (χ2v) is 10.4. The maximum atomic E-state index is 14.2. The number of halogens is 2. The summed E-state index contributed by atoms with van der Waals surface area (Å²) in [6.45, 7) is 0.634. The summed E-state index contributed by atoms with van der Waals surface area (Å²) in [6.07, 6.45) is 3.50. The molecule has 0 atom stereocenters. The van der Waals surface area contributed by atoms with Gasteiger partial charge in [0.25, 0.3) is 0 Å². The predicted octanol–water partition coefficient (Wildman–Crippen LogP) is 3.17. The van der Waals surface area contributed by atoms with Crippen molar-refractivity contribution in [1.82, 2.24) is 14.3 Å². The average Bonchev–Trinajstić information content (AvgIpc) is 3.16. The maximum absolute atomic E-state index is 14.2. The van der Waals surface area contributed by atoms with Gasteiger partial charge in [-0.15, -0.1) is 0 Å². The summed E-state index contributed by atoms with van der Waals surface area (Å²) < 4.78 is 53.0. The molecule has 3 heterocycles. The number of nitrogens with zero attached hydrogens (tertiary/aromatic N) is 4. The maximum Gasteiger partial charge on any atom is 0.232 e. The Morgan fingerprint density at radius 1 is 1.26 bits per heavy atom. The number of carbonyl (C=O) groups is 1. The van der Waals surface area contributed by atoms with Crippen LogP contribution in [0.1, 0.15) is 18.5 Å². The van der Waals surface area contributed by atoms with Gasteiger partial charge in [-0.25, -0.2) is 26.5 Å². The largest absolute Gasteiger partial charge is 0.282 e. The van der Waals surface area contributed by atoms with E-state index in [9.17, 15) is 22.0 Å². The van der Waals surface area contributed by atoms with Crippen molar-refractivity contribution in [3.05, 3.63) is 53.9 Å². The quantitative estimate of drug-likeness (QED) is 0.577. The summed E-state index contributed by atoms with van der Waals surface area (Å²) >= 11 is 1.03. The van der Waals surface area contributed by atoms with E-state index in [2.05, 4.69) is 9.97 Å². The van der Waals surface area contributed by atoms with E-state index in [1.54, 1.807) is 24.4 Å². The standard InChI is InChI=1S/C20H20F2N4O3S2/c1-31(28,29)25-8-5-13(6-9-25)19(27)26(12-15-4-2-3-7-23-15)20-24-18-16(22)10-14(21)11-17(18)30-20/h2-4,7,10-11,13H,5-6,8-9,12H2,1H3. The van der Waals surface area contributed by atoms with Crippen LogP contribution in [0.2, 0.25) is 0 Å². The highest BCUT2D eigenvalue weighted by Gasteiger charge is 2.33. The number of sulfonamides is 1. The first kappa shape index (κ1) is 21.7. The second kappa shape index (κ2) is 8.56. The average molecular weight is 467 g/mol. The minimum absolute atomic E-state index is 0.00659. The fourth-order valence-electron chi connectivity index (χ4n) is 3.61. The molecule has 0 bridgehead atoms. The number of pyridine rings is 1. The van der Waals surface area contributed by atoms with Crippen LogP contribution in [0.25, 0.3) is 10.2 Å². The van der Waals surface area contributed by atoms with Crippen molar-refractivity contribution in [1.29, 1.82) is 0 Å². The van der Waals surface area contributed by atoms with Gasteiger partial charge >= 0.3 is 0 Å². The Kier molecular flexibility index (Phi) is 6.00. The molecule has 11 heteroatoms. The molecule has 0 unspecified atom stereocenters. The third kappa shape index (κ3) is 4.73. The molecule has 2 aromatic heterocycles. The van der Waals surface area contributed by atoms with Gasteiger partial charge in [0.1, 0.15) is 11.3 Å². The van der Waals surface area contributed by atoms with Gasteiger partial charge in [-0.2, -0.15) is 0 Å². The normalized spacial score (nSPS) is 16.0. The first-order chi connectivity index (χ1) is 14.7. The lowest BCUT2D eigenvalue weighted by atomic mass is 9.96. The number of benzene rings is 1. The van der Waals surface area contributed by atoms with Crippen LogP contribution in [0.5, 0.6) is 0 Å². The number of piperidine rings is 1. The van der Waals surface area contributed by atoms with Crippen LogP contribution in [0.3, 0.4) is 0 Å². The second-order valence-electron chi connectivity index (χ2n) is 7.41. The number of hydrogen-bond acceptors (Lipinski definition) is 6. The van der Waals surface area contributed by atoms with E-state index in [-0.39, 0.29) is 36.2 Å². The Bertz CT molecular complexity index is 1210. The summed E-state index contributed by atoms with van der Waals surface area (Å²) in [7, 11) is -3.31. The van der Waals surface area contributed by atoms with E-state index in [1.165, 1.54) is 15.3 Å². The number of anilines is 1. The first-order valence-corrected chi connectivity index (χ1v) is 12.3. The lowest BCUT2D eigenvalue weighted by Crippen LogP contribution is -2.44. The summed E-state index contributed by atoms with van der Waals surface area (Å²) in [5, 5.41) is 0.251. The molecule has 1 aromatic carbocycles. The van der Waals surface area contributed by atoms with Crippen LogP contribution < -0.4 is 4.90 Å². The van der Waals surface area contributed by atoms with Gasteiger partial charge in [0.2, 0.25) is 15.9 Å². The fraction of sp³-hybridized carbons (Fsp3) is 0.350. The van der Waals surface area contributed by atoms with Gasteiger partial charge in [0.05, 0.1) is 23.2 Å². The van der Waals surface area contributed by atoms with E-state index < -0.39 is 27.6 Å². The molecular formula is C20H20F2N4O3S2. The van der Waals surface area contributed by atoms with Crippen LogP contribution in [0.4, 0.5) is 13.9 Å². The highest BCUT2D eigenvalue weighted by Crippen LogP contribution is 2.34. The molecule has 0 radical (unpaired) electrons. The zero-order valence-electron chi connectivity index (χ0n) is 16.7. The van der Waals surface area contributed by atoms with E-state index in [1.807, 2.05) is 0 Å². The van der Waals surface area contributed by atoms with Crippen molar-refractivity contribution < 1.29 is 22.0 Å². The number of hydrogen-bond donors (Lipinski definition) is 0. The number of thiazole rings is 1. The van der Waals surface area contributed by atoms with Crippen LogP contribution in [0.15, 0.2) is 36.5 Å². The highest BCUT2D eigenvalue weighted by molar-refractivity contribution is 7.88. The van der Waals surface area contributed by atoms with Crippen molar-refractivity contribution in [2.24, 2.45) is 5.92 Å². The molecule has 3 aromatic rings. The molecule has 7 nitrogen and oxygen atoms in total. The van der Waals surface area contributed by atoms with Gasteiger partial charge in [0, 0.05) is 31.3 Å². The third-order valence-electron chi connectivity index (χ3n) is 5.22. The van der Waals surface area contributed by atoms with Gasteiger partial charge in [-0.05, 0) is 31.0 Å². The van der Waals surface area contributed by atoms with Crippen LogP contribution in [0, 0.1) is 17.6 Å². The summed E-state index contributed by atoms with van der Waals surface area (Å²) in [6, 6.07) is 7.26. The highest BCUT2D eigenvalue weighted by atomic mass is 32.2. The Morgan fingerprint density at radius 2 is 2.00 bits per heavy atom. The minimum atomic E-state index is -3.31. The van der Waals surface area contributed by atoms with Gasteiger partial charge in [-0.1, -0.05) is 17.4 Å². The summed E-state index contributed by atoms with van der Waals surface area (Å²) in [5.41, 5.74) is 0.627. The van der Waals surface area contributed by atoms with Gasteiger partial charge < -0.3 is 0 Å². The minimum Gasteiger partial charge on any atom is -0.282 e. The van der Waals surface area contributed by atoms with E-state index >= 15 is 0 Å². The Hall–Kier alpha value is -2.50. The predicted molar refractivity (Wildman–Crippen MR) is 114 cm³/mol. The number of fused-ring (bicyclic) bond motifs is 1. The monoisotopic (exact) mass is 466 g/mol. The van der Waals surface area contributed by atoms with Crippen molar-refractivity contribution in [2.45, 2.75) is 19.4 Å². The van der Waals surface area contributed by atoms with E-state index in [0.29, 0.717) is 23.2 Å². The molecule has 31 heavy (non-hydrogen) atoms.